The largest absolute Gasteiger partial charge is 0.445 e. The maximum atomic E-state index is 11.5. The number of alkyl halides is 1. The number of hydrogen-bond donors (Lipinski definition) is 1. The number of hydrogen-bond acceptors (Lipinski definition) is 3. The molecule has 26 heavy (non-hydrogen) atoms. The third-order valence-electron chi connectivity index (χ3n) is 5.40. The first-order valence-corrected chi connectivity index (χ1v) is 13.7. The van der Waals surface area contributed by atoms with Crippen LogP contribution in [0.5, 0.6) is 0 Å². The van der Waals surface area contributed by atoms with Gasteiger partial charge in [0.1, 0.15) is 6.10 Å². The third-order valence-corrected chi connectivity index (χ3v) is 11.3. The van der Waals surface area contributed by atoms with Crippen molar-refractivity contribution in [2.24, 2.45) is 23.5 Å². The standard InChI is InChI=1S/C20H38INO3Si/c1-10-11-12-14(2)17(24-19(22)23)16(4)18(15(3)13-21)25-26(8,9)20(5,6)7/h10-12,14-18H,1,13H2,2-9H3,(H2,22,23)/t14-,15-,16+,17-,18+/m0/s1. The average molecular weight is 496 g/mol. The first-order valence-electron chi connectivity index (χ1n) is 9.27. The minimum Gasteiger partial charge on any atom is -0.445 e. The van der Waals surface area contributed by atoms with Gasteiger partial charge in [0.25, 0.3) is 0 Å². The van der Waals surface area contributed by atoms with Gasteiger partial charge in [0.2, 0.25) is 0 Å². The van der Waals surface area contributed by atoms with Crippen LogP contribution in [0.15, 0.2) is 24.8 Å². The van der Waals surface area contributed by atoms with Crippen molar-refractivity contribution in [2.75, 3.05) is 4.43 Å². The molecule has 0 aliphatic rings. The zero-order valence-electron chi connectivity index (χ0n) is 17.7. The van der Waals surface area contributed by atoms with Crippen molar-refractivity contribution in [3.8, 4) is 0 Å². The van der Waals surface area contributed by atoms with E-state index in [0.717, 1.165) is 4.43 Å². The van der Waals surface area contributed by atoms with Crippen molar-refractivity contribution in [1.82, 2.24) is 0 Å². The summed E-state index contributed by atoms with van der Waals surface area (Å²) in [6.45, 7) is 21.3. The second kappa shape index (κ2) is 10.9. The molecule has 0 bridgehead atoms. The molecule has 0 aliphatic heterocycles. The third kappa shape index (κ3) is 7.72. The van der Waals surface area contributed by atoms with E-state index in [0.29, 0.717) is 5.92 Å². The monoisotopic (exact) mass is 495 g/mol. The summed E-state index contributed by atoms with van der Waals surface area (Å²) in [5, 5.41) is 0.115. The number of amides is 1. The van der Waals surface area contributed by atoms with Gasteiger partial charge in [0, 0.05) is 16.3 Å². The highest BCUT2D eigenvalue weighted by Gasteiger charge is 2.43. The summed E-state index contributed by atoms with van der Waals surface area (Å²) in [5.41, 5.74) is 5.36. The molecule has 4 nitrogen and oxygen atoms in total. The Morgan fingerprint density at radius 3 is 2.15 bits per heavy atom. The molecule has 0 rings (SSSR count). The molecule has 0 heterocycles. The van der Waals surface area contributed by atoms with E-state index < -0.39 is 14.4 Å². The van der Waals surface area contributed by atoms with Crippen molar-refractivity contribution in [3.63, 3.8) is 0 Å². The minimum absolute atomic E-state index is 0.00303. The Balaban J connectivity index is 5.76. The van der Waals surface area contributed by atoms with E-state index in [1.807, 2.05) is 19.1 Å². The summed E-state index contributed by atoms with van der Waals surface area (Å²) in [6.07, 6.45) is 4.50. The molecule has 0 aromatic carbocycles. The maximum Gasteiger partial charge on any atom is 0.404 e. The normalized spacial score (nSPS) is 18.8. The van der Waals surface area contributed by atoms with Crippen LogP contribution in [-0.2, 0) is 9.16 Å². The number of ether oxygens (including phenoxy) is 1. The van der Waals surface area contributed by atoms with Gasteiger partial charge in [-0.3, -0.25) is 0 Å². The molecule has 0 radical (unpaired) electrons. The fourth-order valence-corrected chi connectivity index (χ4v) is 4.71. The molecule has 0 fully saturated rings. The van der Waals surface area contributed by atoms with Gasteiger partial charge in [-0.25, -0.2) is 4.79 Å². The van der Waals surface area contributed by atoms with Crippen molar-refractivity contribution in [3.05, 3.63) is 24.8 Å². The zero-order chi connectivity index (χ0) is 20.7. The van der Waals surface area contributed by atoms with E-state index in [-0.39, 0.29) is 29.1 Å². The lowest BCUT2D eigenvalue weighted by molar-refractivity contribution is -0.0166. The molecule has 152 valence electrons. The molecular weight excluding hydrogens is 457 g/mol. The van der Waals surface area contributed by atoms with Crippen molar-refractivity contribution >= 4 is 37.0 Å². The molecule has 5 atom stereocenters. The Morgan fingerprint density at radius 2 is 1.77 bits per heavy atom. The second-order valence-corrected chi connectivity index (χ2v) is 14.4. The summed E-state index contributed by atoms with van der Waals surface area (Å²) in [4.78, 5) is 11.5. The minimum atomic E-state index is -1.97. The molecule has 0 aromatic heterocycles. The smallest absolute Gasteiger partial charge is 0.404 e. The summed E-state index contributed by atoms with van der Waals surface area (Å²) < 4.78 is 13.3. The van der Waals surface area contributed by atoms with Crippen LogP contribution < -0.4 is 5.73 Å². The van der Waals surface area contributed by atoms with Gasteiger partial charge in [-0.05, 0) is 24.1 Å². The first-order chi connectivity index (χ1) is 11.8. The number of carbonyl (C=O) groups is 1. The van der Waals surface area contributed by atoms with Crippen LogP contribution in [0.2, 0.25) is 18.1 Å². The quantitative estimate of drug-likeness (QED) is 0.177. The molecule has 0 spiro atoms. The van der Waals surface area contributed by atoms with E-state index in [4.69, 9.17) is 14.9 Å². The molecule has 2 N–H and O–H groups in total. The fourth-order valence-electron chi connectivity index (χ4n) is 2.72. The lowest BCUT2D eigenvalue weighted by Gasteiger charge is -2.44. The lowest BCUT2D eigenvalue weighted by Crippen LogP contribution is -2.51. The summed E-state index contributed by atoms with van der Waals surface area (Å²) >= 11 is 2.40. The van der Waals surface area contributed by atoms with Crippen LogP contribution in [0, 0.1) is 17.8 Å². The van der Waals surface area contributed by atoms with Gasteiger partial charge in [-0.2, -0.15) is 0 Å². The first kappa shape index (κ1) is 25.7. The molecular formula is C20H38INO3Si. The van der Waals surface area contributed by atoms with Gasteiger partial charge in [0.05, 0.1) is 6.10 Å². The van der Waals surface area contributed by atoms with Crippen LogP contribution in [0.4, 0.5) is 4.79 Å². The van der Waals surface area contributed by atoms with Crippen LogP contribution in [0.1, 0.15) is 41.5 Å². The number of rotatable bonds is 10. The molecule has 0 saturated heterocycles. The zero-order valence-corrected chi connectivity index (χ0v) is 20.9. The predicted octanol–water partition coefficient (Wildman–Crippen LogP) is 5.93. The van der Waals surface area contributed by atoms with E-state index in [1.54, 1.807) is 6.08 Å². The molecule has 0 unspecified atom stereocenters. The van der Waals surface area contributed by atoms with E-state index in [9.17, 15) is 4.79 Å². The number of nitrogens with two attached hydrogens (primary N) is 1. The van der Waals surface area contributed by atoms with Crippen molar-refractivity contribution < 1.29 is 14.0 Å². The van der Waals surface area contributed by atoms with E-state index in [2.05, 4.69) is 76.9 Å². The SMILES string of the molecule is C=CC=C[C@H](C)[C@H](OC(N)=O)[C@@H](C)[C@H](O[Si](C)(C)C(C)(C)C)[C@@H](C)CI. The summed E-state index contributed by atoms with van der Waals surface area (Å²) in [5.74, 6) is 0.377. The number of allylic oxidation sites excluding steroid dienone is 2. The molecule has 0 saturated carbocycles. The highest BCUT2D eigenvalue weighted by molar-refractivity contribution is 14.1. The molecule has 6 heteroatoms. The summed E-state index contributed by atoms with van der Waals surface area (Å²) in [7, 11) is -1.97. The highest BCUT2D eigenvalue weighted by atomic mass is 127. The van der Waals surface area contributed by atoms with Gasteiger partial charge in [-0.1, -0.05) is 88.9 Å². The second-order valence-electron chi connectivity index (χ2n) is 8.71. The van der Waals surface area contributed by atoms with Gasteiger partial charge in [0.15, 0.2) is 8.32 Å². The Labute approximate surface area is 175 Å². The number of primary amides is 1. The van der Waals surface area contributed by atoms with Crippen LogP contribution in [0.3, 0.4) is 0 Å². The highest BCUT2D eigenvalue weighted by Crippen LogP contribution is 2.40. The van der Waals surface area contributed by atoms with Crippen molar-refractivity contribution in [2.45, 2.75) is 71.9 Å². The topological polar surface area (TPSA) is 61.5 Å². The Bertz CT molecular complexity index is 488. The van der Waals surface area contributed by atoms with E-state index in [1.165, 1.54) is 0 Å². The van der Waals surface area contributed by atoms with Gasteiger partial charge >= 0.3 is 6.09 Å². The Morgan fingerprint density at radius 1 is 1.23 bits per heavy atom. The molecule has 1 amide bonds. The maximum absolute atomic E-state index is 11.5. The molecule has 0 aliphatic carbocycles. The van der Waals surface area contributed by atoms with Crippen LogP contribution in [0.25, 0.3) is 0 Å². The molecule has 0 aromatic rings. The Hall–Kier alpha value is -0.343. The van der Waals surface area contributed by atoms with Gasteiger partial charge in [-0.15, -0.1) is 0 Å². The summed E-state index contributed by atoms with van der Waals surface area (Å²) in [6, 6.07) is 0. The number of carbonyl (C=O) groups excluding carboxylic acids is 1. The fraction of sp³-hybridized carbons (Fsp3) is 0.750. The van der Waals surface area contributed by atoms with Crippen LogP contribution >= 0.6 is 22.6 Å². The van der Waals surface area contributed by atoms with E-state index >= 15 is 0 Å². The lowest BCUT2D eigenvalue weighted by atomic mass is 9.84. The number of halogens is 1. The van der Waals surface area contributed by atoms with Crippen LogP contribution in [-0.4, -0.2) is 31.0 Å². The van der Waals surface area contributed by atoms with Crippen molar-refractivity contribution in [1.29, 1.82) is 0 Å². The predicted molar refractivity (Wildman–Crippen MR) is 122 cm³/mol. The van der Waals surface area contributed by atoms with Gasteiger partial charge < -0.3 is 14.9 Å². The average Bonchev–Trinajstić information content (AvgIpc) is 2.52. The Kier molecular flexibility index (Phi) is 10.7.